The topological polar surface area (TPSA) is 63.5 Å². The van der Waals surface area contributed by atoms with Crippen molar-refractivity contribution < 1.29 is 14.3 Å². The fourth-order valence-electron chi connectivity index (χ4n) is 3.15. The monoisotopic (exact) mass is 349 g/mol. The minimum absolute atomic E-state index is 0.0689. The molecule has 132 valence electrons. The average Bonchev–Trinajstić information content (AvgIpc) is 3.24. The molecule has 2 heterocycles. The molecule has 0 unspecified atom stereocenters. The van der Waals surface area contributed by atoms with E-state index in [2.05, 4.69) is 10.1 Å². The van der Waals surface area contributed by atoms with Gasteiger partial charge in [-0.1, -0.05) is 24.3 Å². The predicted octanol–water partition coefficient (Wildman–Crippen LogP) is 3.42. The van der Waals surface area contributed by atoms with Crippen molar-refractivity contribution in [1.82, 2.24) is 0 Å². The van der Waals surface area contributed by atoms with Crippen LogP contribution in [0.5, 0.6) is 11.5 Å². The van der Waals surface area contributed by atoms with Crippen LogP contribution in [0.3, 0.4) is 0 Å². The SMILES string of the molecule is CC(=NCc1ccc2c(c1)OCO2)[C@H]1C(=O)N(c2ccccc2)N=C1C. The summed E-state index contributed by atoms with van der Waals surface area (Å²) in [6, 6.07) is 15.2. The summed E-state index contributed by atoms with van der Waals surface area (Å²) < 4.78 is 10.7. The smallest absolute Gasteiger partial charge is 0.261 e. The molecular weight excluding hydrogens is 330 g/mol. The Morgan fingerprint density at radius 2 is 1.96 bits per heavy atom. The molecule has 0 N–H and O–H groups in total. The third-order valence-electron chi connectivity index (χ3n) is 4.50. The second-order valence-corrected chi connectivity index (χ2v) is 6.31. The van der Waals surface area contributed by atoms with Crippen LogP contribution in [0.1, 0.15) is 19.4 Å². The molecule has 2 aliphatic heterocycles. The van der Waals surface area contributed by atoms with Crippen LogP contribution in [0.4, 0.5) is 5.69 Å². The van der Waals surface area contributed by atoms with Crippen LogP contribution in [0.25, 0.3) is 0 Å². The standard InChI is InChI=1S/C20H19N3O3/c1-13(21-11-15-8-9-17-18(10-15)26-12-25-17)19-14(2)22-23(20(19)24)16-6-4-3-5-7-16/h3-10,19H,11-12H2,1-2H3/t19-/m1/s1. The Morgan fingerprint density at radius 1 is 1.19 bits per heavy atom. The number of carbonyl (C=O) groups excluding carboxylic acids is 1. The van der Waals surface area contributed by atoms with Gasteiger partial charge in [-0.3, -0.25) is 9.79 Å². The van der Waals surface area contributed by atoms with Gasteiger partial charge in [-0.25, -0.2) is 0 Å². The Kier molecular flexibility index (Phi) is 4.16. The van der Waals surface area contributed by atoms with Crippen molar-refractivity contribution >= 4 is 23.0 Å². The summed E-state index contributed by atoms with van der Waals surface area (Å²) in [6.07, 6.45) is 0. The quantitative estimate of drug-likeness (QED) is 0.795. The normalized spacial score (nSPS) is 19.1. The number of para-hydroxylation sites is 1. The Bertz CT molecular complexity index is 906. The maximum atomic E-state index is 12.8. The van der Waals surface area contributed by atoms with E-state index in [0.717, 1.165) is 34.2 Å². The van der Waals surface area contributed by atoms with Crippen molar-refractivity contribution in [2.24, 2.45) is 16.0 Å². The molecule has 2 aromatic carbocycles. The lowest BCUT2D eigenvalue weighted by molar-refractivity contribution is -0.118. The molecule has 6 nitrogen and oxygen atoms in total. The van der Waals surface area contributed by atoms with E-state index in [1.165, 1.54) is 5.01 Å². The summed E-state index contributed by atoms with van der Waals surface area (Å²) in [6.45, 7) is 4.47. The Labute approximate surface area is 151 Å². The van der Waals surface area contributed by atoms with Crippen molar-refractivity contribution in [3.8, 4) is 11.5 Å². The maximum Gasteiger partial charge on any atom is 0.261 e. The molecule has 0 fully saturated rings. The van der Waals surface area contributed by atoms with Crippen molar-refractivity contribution in [3.63, 3.8) is 0 Å². The molecule has 2 aliphatic rings. The summed E-state index contributed by atoms with van der Waals surface area (Å²) >= 11 is 0. The first kappa shape index (κ1) is 16.3. The fourth-order valence-corrected chi connectivity index (χ4v) is 3.15. The van der Waals surface area contributed by atoms with Gasteiger partial charge in [-0.2, -0.15) is 10.1 Å². The van der Waals surface area contributed by atoms with Crippen LogP contribution in [0.2, 0.25) is 0 Å². The van der Waals surface area contributed by atoms with Gasteiger partial charge in [-0.15, -0.1) is 0 Å². The second-order valence-electron chi connectivity index (χ2n) is 6.31. The molecule has 0 saturated heterocycles. The number of fused-ring (bicyclic) bond motifs is 1. The van der Waals surface area contributed by atoms with Crippen LogP contribution in [0, 0.1) is 5.92 Å². The number of amides is 1. The molecule has 0 bridgehead atoms. The second kappa shape index (κ2) is 6.63. The summed E-state index contributed by atoms with van der Waals surface area (Å²) in [4.78, 5) is 17.4. The molecule has 1 amide bonds. The first-order valence-electron chi connectivity index (χ1n) is 8.47. The van der Waals surface area contributed by atoms with E-state index >= 15 is 0 Å². The van der Waals surface area contributed by atoms with Gasteiger partial charge in [0.15, 0.2) is 11.5 Å². The van der Waals surface area contributed by atoms with Gasteiger partial charge in [0, 0.05) is 5.71 Å². The van der Waals surface area contributed by atoms with Gasteiger partial charge in [0.1, 0.15) is 5.92 Å². The van der Waals surface area contributed by atoms with Crippen molar-refractivity contribution in [2.45, 2.75) is 20.4 Å². The number of benzene rings is 2. The number of nitrogens with zero attached hydrogens (tertiary/aromatic N) is 3. The lowest BCUT2D eigenvalue weighted by Crippen LogP contribution is -2.31. The van der Waals surface area contributed by atoms with E-state index in [4.69, 9.17) is 9.47 Å². The number of ether oxygens (including phenoxy) is 2. The maximum absolute atomic E-state index is 12.8. The molecule has 0 aromatic heterocycles. The van der Waals surface area contributed by atoms with Gasteiger partial charge in [-0.05, 0) is 43.7 Å². The fraction of sp³-hybridized carbons (Fsp3) is 0.250. The van der Waals surface area contributed by atoms with E-state index in [1.807, 2.05) is 62.4 Å². The molecule has 0 spiro atoms. The minimum Gasteiger partial charge on any atom is -0.454 e. The van der Waals surface area contributed by atoms with E-state index in [0.29, 0.717) is 6.54 Å². The molecule has 4 rings (SSSR count). The highest BCUT2D eigenvalue weighted by Crippen LogP contribution is 2.32. The van der Waals surface area contributed by atoms with Crippen molar-refractivity contribution in [2.75, 3.05) is 11.8 Å². The Balaban J connectivity index is 1.51. The van der Waals surface area contributed by atoms with Crippen LogP contribution >= 0.6 is 0 Å². The van der Waals surface area contributed by atoms with E-state index in [-0.39, 0.29) is 12.7 Å². The Hall–Kier alpha value is -3.15. The zero-order valence-corrected chi connectivity index (χ0v) is 14.7. The molecular formula is C20H19N3O3. The first-order chi connectivity index (χ1) is 12.6. The predicted molar refractivity (Wildman–Crippen MR) is 99.9 cm³/mol. The average molecular weight is 349 g/mol. The van der Waals surface area contributed by atoms with E-state index in [9.17, 15) is 4.79 Å². The molecule has 6 heteroatoms. The largest absolute Gasteiger partial charge is 0.454 e. The highest BCUT2D eigenvalue weighted by Gasteiger charge is 2.36. The van der Waals surface area contributed by atoms with Gasteiger partial charge in [0.25, 0.3) is 5.91 Å². The molecule has 1 atom stereocenters. The zero-order valence-electron chi connectivity index (χ0n) is 14.7. The van der Waals surface area contributed by atoms with Gasteiger partial charge in [0.2, 0.25) is 6.79 Å². The molecule has 26 heavy (non-hydrogen) atoms. The third-order valence-corrected chi connectivity index (χ3v) is 4.50. The van der Waals surface area contributed by atoms with Crippen molar-refractivity contribution in [1.29, 1.82) is 0 Å². The van der Waals surface area contributed by atoms with Gasteiger partial charge in [0.05, 0.1) is 17.9 Å². The van der Waals surface area contributed by atoms with Gasteiger partial charge >= 0.3 is 0 Å². The lowest BCUT2D eigenvalue weighted by atomic mass is 9.99. The van der Waals surface area contributed by atoms with Crippen LogP contribution in [0.15, 0.2) is 58.6 Å². The summed E-state index contributed by atoms with van der Waals surface area (Å²) in [5.74, 6) is 1.01. The summed E-state index contributed by atoms with van der Waals surface area (Å²) in [5.41, 5.74) is 3.29. The molecule has 0 radical (unpaired) electrons. The number of anilines is 1. The first-order valence-corrected chi connectivity index (χ1v) is 8.47. The van der Waals surface area contributed by atoms with Gasteiger partial charge < -0.3 is 9.47 Å². The summed E-state index contributed by atoms with van der Waals surface area (Å²) in [7, 11) is 0. The number of hydrazone groups is 1. The molecule has 0 aliphatic carbocycles. The van der Waals surface area contributed by atoms with E-state index < -0.39 is 5.92 Å². The van der Waals surface area contributed by atoms with Crippen LogP contribution in [-0.2, 0) is 11.3 Å². The molecule has 2 aromatic rings. The van der Waals surface area contributed by atoms with Crippen LogP contribution in [-0.4, -0.2) is 24.1 Å². The minimum atomic E-state index is -0.413. The number of rotatable bonds is 4. The number of carbonyl (C=O) groups is 1. The highest BCUT2D eigenvalue weighted by molar-refractivity contribution is 6.27. The summed E-state index contributed by atoms with van der Waals surface area (Å²) in [5, 5.41) is 5.89. The number of aliphatic imine (C=N–C) groups is 1. The van der Waals surface area contributed by atoms with Crippen LogP contribution < -0.4 is 14.5 Å². The van der Waals surface area contributed by atoms with E-state index in [1.54, 1.807) is 0 Å². The molecule has 0 saturated carbocycles. The third kappa shape index (κ3) is 2.94. The lowest BCUT2D eigenvalue weighted by Gasteiger charge is -2.14. The Morgan fingerprint density at radius 3 is 2.77 bits per heavy atom. The van der Waals surface area contributed by atoms with Crippen molar-refractivity contribution in [3.05, 3.63) is 54.1 Å². The number of hydrogen-bond donors (Lipinski definition) is 0. The number of hydrogen-bond acceptors (Lipinski definition) is 5. The zero-order chi connectivity index (χ0) is 18.1. The highest BCUT2D eigenvalue weighted by atomic mass is 16.7.